The molecule has 0 amide bonds. The number of hydrogen-bond acceptors (Lipinski definition) is 5. The molecule has 8 aromatic carbocycles. The van der Waals surface area contributed by atoms with Crippen molar-refractivity contribution in [2.45, 2.75) is 0 Å². The van der Waals surface area contributed by atoms with E-state index in [-0.39, 0.29) is 0 Å². The van der Waals surface area contributed by atoms with Gasteiger partial charge in [-0.2, -0.15) is 0 Å². The second-order valence-electron chi connectivity index (χ2n) is 14.3. The Labute approximate surface area is 335 Å². The van der Waals surface area contributed by atoms with Gasteiger partial charge in [0, 0.05) is 84.6 Å². The summed E-state index contributed by atoms with van der Waals surface area (Å²) in [6, 6.07) is 64.8. The van der Waals surface area contributed by atoms with Crippen molar-refractivity contribution < 1.29 is 0 Å². The SMILES string of the molecule is c1ccc(-c2nc(-c3ccccc3)nc(-c3cccc4c3sc3c(-c5cccc6c5sc5cc(-n7c8ccccc8c8ccccc87)ccc56)cccc34)n2)cc1. The van der Waals surface area contributed by atoms with Crippen LogP contribution in [-0.4, -0.2) is 19.5 Å². The highest BCUT2D eigenvalue weighted by Crippen LogP contribution is 2.47. The van der Waals surface area contributed by atoms with Crippen LogP contribution in [0.3, 0.4) is 0 Å². The summed E-state index contributed by atoms with van der Waals surface area (Å²) >= 11 is 3.71. The Hall–Kier alpha value is -6.99. The molecule has 0 saturated heterocycles. The van der Waals surface area contributed by atoms with Gasteiger partial charge in [0.1, 0.15) is 0 Å². The van der Waals surface area contributed by atoms with Crippen molar-refractivity contribution in [2.24, 2.45) is 0 Å². The summed E-state index contributed by atoms with van der Waals surface area (Å²) in [5.74, 6) is 2.00. The van der Waals surface area contributed by atoms with Gasteiger partial charge in [-0.25, -0.2) is 15.0 Å². The predicted octanol–water partition coefficient (Wildman–Crippen LogP) is 14.4. The molecule has 57 heavy (non-hydrogen) atoms. The molecule has 0 fully saturated rings. The first-order chi connectivity index (χ1) is 28.3. The second-order valence-corrected chi connectivity index (χ2v) is 16.4. The Morgan fingerprint density at radius 2 is 0.789 bits per heavy atom. The van der Waals surface area contributed by atoms with Crippen LogP contribution in [0, 0.1) is 0 Å². The molecule has 0 atom stereocenters. The lowest BCUT2D eigenvalue weighted by Gasteiger charge is -2.09. The van der Waals surface area contributed by atoms with E-state index < -0.39 is 0 Å². The Balaban J connectivity index is 1.03. The summed E-state index contributed by atoms with van der Waals surface area (Å²) < 4.78 is 7.42. The fourth-order valence-electron chi connectivity index (χ4n) is 8.48. The van der Waals surface area contributed by atoms with Crippen LogP contribution in [0.15, 0.2) is 182 Å². The van der Waals surface area contributed by atoms with Crippen LogP contribution in [0.5, 0.6) is 0 Å². The van der Waals surface area contributed by atoms with Gasteiger partial charge in [0.05, 0.1) is 11.0 Å². The van der Waals surface area contributed by atoms with Gasteiger partial charge in [0.25, 0.3) is 0 Å². The van der Waals surface area contributed by atoms with E-state index in [0.29, 0.717) is 17.5 Å². The van der Waals surface area contributed by atoms with Gasteiger partial charge >= 0.3 is 0 Å². The molecule has 0 spiro atoms. The molecular formula is C51H30N4S2. The minimum absolute atomic E-state index is 0.663. The molecule has 4 heterocycles. The first-order valence-electron chi connectivity index (χ1n) is 19.0. The van der Waals surface area contributed by atoms with Gasteiger partial charge in [0.2, 0.25) is 0 Å². The summed E-state index contributed by atoms with van der Waals surface area (Å²) in [7, 11) is 0. The highest BCUT2D eigenvalue weighted by molar-refractivity contribution is 7.27. The van der Waals surface area contributed by atoms with Gasteiger partial charge in [0.15, 0.2) is 17.5 Å². The van der Waals surface area contributed by atoms with Gasteiger partial charge in [-0.1, -0.05) is 152 Å². The van der Waals surface area contributed by atoms with Gasteiger partial charge in [-0.3, -0.25) is 0 Å². The van der Waals surface area contributed by atoms with Crippen molar-refractivity contribution in [1.82, 2.24) is 19.5 Å². The zero-order valence-corrected chi connectivity index (χ0v) is 32.1. The van der Waals surface area contributed by atoms with Gasteiger partial charge in [-0.15, -0.1) is 22.7 Å². The van der Waals surface area contributed by atoms with Crippen LogP contribution in [0.4, 0.5) is 0 Å². The normalized spacial score (nSPS) is 11.9. The minimum atomic E-state index is 0.663. The molecule has 0 aliphatic rings. The Kier molecular flexibility index (Phi) is 7.24. The largest absolute Gasteiger partial charge is 0.309 e. The number of thiophene rings is 2. The summed E-state index contributed by atoms with van der Waals surface area (Å²) in [6.45, 7) is 0. The Morgan fingerprint density at radius 1 is 0.333 bits per heavy atom. The average Bonchev–Trinajstić information content (AvgIpc) is 3.96. The fourth-order valence-corrected chi connectivity index (χ4v) is 11.1. The molecule has 0 aliphatic carbocycles. The van der Waals surface area contributed by atoms with Crippen LogP contribution in [0.2, 0.25) is 0 Å². The quantitative estimate of drug-likeness (QED) is 0.175. The molecule has 0 unspecified atom stereocenters. The topological polar surface area (TPSA) is 43.6 Å². The van der Waals surface area contributed by atoms with Gasteiger partial charge < -0.3 is 4.57 Å². The van der Waals surface area contributed by atoms with E-state index in [9.17, 15) is 0 Å². The third-order valence-corrected chi connectivity index (χ3v) is 13.6. The molecule has 4 aromatic heterocycles. The van der Waals surface area contributed by atoms with Crippen LogP contribution in [0.25, 0.3) is 113 Å². The molecule has 12 rings (SSSR count). The number of benzene rings is 8. The van der Waals surface area contributed by atoms with Crippen molar-refractivity contribution in [3.8, 4) is 51.0 Å². The molecule has 0 saturated carbocycles. The number of rotatable bonds is 5. The van der Waals surface area contributed by atoms with Crippen molar-refractivity contribution in [2.75, 3.05) is 0 Å². The second kappa shape index (κ2) is 12.8. The molecule has 0 N–H and O–H groups in total. The van der Waals surface area contributed by atoms with Crippen LogP contribution < -0.4 is 0 Å². The van der Waals surface area contributed by atoms with Crippen LogP contribution in [0.1, 0.15) is 0 Å². The van der Waals surface area contributed by atoms with E-state index in [2.05, 4.69) is 150 Å². The first kappa shape index (κ1) is 32.3. The monoisotopic (exact) mass is 762 g/mol. The number of nitrogens with zero attached hydrogens (tertiary/aromatic N) is 4. The maximum absolute atomic E-state index is 5.11. The van der Waals surface area contributed by atoms with E-state index in [1.807, 2.05) is 59.1 Å². The maximum Gasteiger partial charge on any atom is 0.165 e. The van der Waals surface area contributed by atoms with E-state index in [1.54, 1.807) is 0 Å². The first-order valence-corrected chi connectivity index (χ1v) is 20.7. The molecule has 0 bridgehead atoms. The van der Waals surface area contributed by atoms with Crippen molar-refractivity contribution in [1.29, 1.82) is 0 Å². The summed E-state index contributed by atoms with van der Waals surface area (Å²) in [5.41, 5.74) is 9.05. The number of aromatic nitrogens is 4. The molecule has 0 aliphatic heterocycles. The summed E-state index contributed by atoms with van der Waals surface area (Å²) in [6.07, 6.45) is 0. The molecule has 266 valence electrons. The standard InChI is InChI=1S/C51H30N4S2/c1-3-14-31(15-4-1)49-52-50(32-16-5-2-6-17-32)54-51(53-49)42-25-13-24-41-40-23-12-22-39(47(40)57-48(41)42)38-21-11-20-37-36-29-28-33(30-45(36)56-46(37)38)55-43-26-9-7-18-34(43)35-19-8-10-27-44(35)55/h1-30H. The van der Waals surface area contributed by atoms with Crippen molar-refractivity contribution in [3.63, 3.8) is 0 Å². The zero-order valence-electron chi connectivity index (χ0n) is 30.4. The minimum Gasteiger partial charge on any atom is -0.309 e. The molecule has 0 radical (unpaired) electrons. The highest BCUT2D eigenvalue weighted by atomic mass is 32.1. The van der Waals surface area contributed by atoms with E-state index >= 15 is 0 Å². The van der Waals surface area contributed by atoms with Crippen LogP contribution >= 0.6 is 22.7 Å². The fraction of sp³-hybridized carbons (Fsp3) is 0. The van der Waals surface area contributed by atoms with E-state index in [1.165, 1.54) is 79.0 Å². The van der Waals surface area contributed by atoms with Crippen molar-refractivity contribution >= 4 is 84.8 Å². The smallest absolute Gasteiger partial charge is 0.165 e. The highest BCUT2D eigenvalue weighted by Gasteiger charge is 2.20. The molecular weight excluding hydrogens is 733 g/mol. The average molecular weight is 763 g/mol. The Bertz CT molecular complexity index is 3410. The summed E-state index contributed by atoms with van der Waals surface area (Å²) in [4.78, 5) is 15.2. The lowest BCUT2D eigenvalue weighted by Crippen LogP contribution is -2.00. The molecule has 12 aromatic rings. The van der Waals surface area contributed by atoms with Gasteiger partial charge in [-0.05, 0) is 30.3 Å². The molecule has 6 heteroatoms. The molecule has 4 nitrogen and oxygen atoms in total. The number of hydrogen-bond donors (Lipinski definition) is 0. The lowest BCUT2D eigenvalue weighted by atomic mass is 10.00. The van der Waals surface area contributed by atoms with E-state index in [0.717, 1.165) is 16.7 Å². The summed E-state index contributed by atoms with van der Waals surface area (Å²) in [5, 5.41) is 7.56. The number of para-hydroxylation sites is 2. The van der Waals surface area contributed by atoms with Crippen LogP contribution in [-0.2, 0) is 0 Å². The number of fused-ring (bicyclic) bond motifs is 9. The predicted molar refractivity (Wildman–Crippen MR) is 242 cm³/mol. The van der Waals surface area contributed by atoms with E-state index in [4.69, 9.17) is 15.0 Å². The Morgan fingerprint density at radius 3 is 1.39 bits per heavy atom. The lowest BCUT2D eigenvalue weighted by molar-refractivity contribution is 1.08. The third kappa shape index (κ3) is 5.08. The zero-order chi connectivity index (χ0) is 37.5. The maximum atomic E-state index is 5.11. The van der Waals surface area contributed by atoms with Crippen molar-refractivity contribution in [3.05, 3.63) is 182 Å². The third-order valence-electron chi connectivity index (χ3n) is 11.1.